The van der Waals surface area contributed by atoms with E-state index >= 15 is 0 Å². The van der Waals surface area contributed by atoms with Gasteiger partial charge in [0.2, 0.25) is 5.91 Å². The third-order valence-electron chi connectivity index (χ3n) is 3.66. The molecule has 3 rings (SSSR count). The number of furan rings is 1. The number of carbonyl (C=O) groups excluding carboxylic acids is 1. The van der Waals surface area contributed by atoms with Crippen LogP contribution in [-0.2, 0) is 11.3 Å². The summed E-state index contributed by atoms with van der Waals surface area (Å²) in [5.41, 5.74) is -0.908. The molecule has 1 aliphatic rings. The van der Waals surface area contributed by atoms with E-state index in [-0.39, 0.29) is 18.4 Å². The standard InChI is InChI=1S/C14H14N4O4/c1-14(8-15,9-4-5-9)16-11(19)7-18-13(20)22-12(17-18)10-3-2-6-21-10/h2-3,6,9H,4-5,7H2,1H3,(H,16,19). The Morgan fingerprint density at radius 1 is 1.64 bits per heavy atom. The van der Waals surface area contributed by atoms with Crippen LogP contribution in [0.15, 0.2) is 32.0 Å². The van der Waals surface area contributed by atoms with Crippen molar-refractivity contribution < 1.29 is 13.6 Å². The zero-order chi connectivity index (χ0) is 15.7. The minimum atomic E-state index is -0.908. The van der Waals surface area contributed by atoms with Crippen molar-refractivity contribution in [3.63, 3.8) is 0 Å². The van der Waals surface area contributed by atoms with Crippen molar-refractivity contribution in [2.45, 2.75) is 31.8 Å². The van der Waals surface area contributed by atoms with Crippen molar-refractivity contribution in [1.82, 2.24) is 15.1 Å². The number of hydrogen-bond acceptors (Lipinski definition) is 6. The molecule has 114 valence electrons. The maximum atomic E-state index is 12.0. The van der Waals surface area contributed by atoms with Crippen molar-refractivity contribution in [3.8, 4) is 17.7 Å². The zero-order valence-electron chi connectivity index (χ0n) is 11.9. The molecule has 0 radical (unpaired) electrons. The van der Waals surface area contributed by atoms with Gasteiger partial charge in [0, 0.05) is 0 Å². The lowest BCUT2D eigenvalue weighted by molar-refractivity contribution is -0.123. The molecule has 1 aliphatic carbocycles. The Bertz CT molecular complexity index is 779. The first-order valence-corrected chi connectivity index (χ1v) is 6.86. The summed E-state index contributed by atoms with van der Waals surface area (Å²) in [5.74, 6) is -0.748. The van der Waals surface area contributed by atoms with Crippen LogP contribution in [0.1, 0.15) is 19.8 Å². The second kappa shape index (κ2) is 5.18. The molecule has 8 heteroatoms. The van der Waals surface area contributed by atoms with Gasteiger partial charge in [-0.3, -0.25) is 4.79 Å². The summed E-state index contributed by atoms with van der Waals surface area (Å²) in [6.45, 7) is 1.37. The molecule has 1 unspecified atom stereocenters. The van der Waals surface area contributed by atoms with Crippen molar-refractivity contribution in [2.24, 2.45) is 5.92 Å². The molecule has 0 spiro atoms. The fourth-order valence-corrected chi connectivity index (χ4v) is 2.25. The normalized spacial score (nSPS) is 16.7. The smallest absolute Gasteiger partial charge is 0.437 e. The Hall–Kier alpha value is -2.82. The van der Waals surface area contributed by atoms with E-state index in [1.807, 2.05) is 0 Å². The van der Waals surface area contributed by atoms with Crippen LogP contribution in [0.4, 0.5) is 0 Å². The monoisotopic (exact) mass is 302 g/mol. The third kappa shape index (κ3) is 2.65. The van der Waals surface area contributed by atoms with E-state index in [2.05, 4.69) is 16.5 Å². The molecular formula is C14H14N4O4. The molecule has 22 heavy (non-hydrogen) atoms. The molecule has 0 bridgehead atoms. The number of aromatic nitrogens is 2. The molecule has 0 saturated heterocycles. The van der Waals surface area contributed by atoms with Crippen LogP contribution in [-0.4, -0.2) is 21.2 Å². The highest BCUT2D eigenvalue weighted by Gasteiger charge is 2.43. The van der Waals surface area contributed by atoms with Gasteiger partial charge in [-0.1, -0.05) is 0 Å². The van der Waals surface area contributed by atoms with Crippen LogP contribution in [0, 0.1) is 17.2 Å². The number of amides is 1. The molecule has 8 nitrogen and oxygen atoms in total. The summed E-state index contributed by atoms with van der Waals surface area (Å²) >= 11 is 0. The third-order valence-corrected chi connectivity index (χ3v) is 3.66. The largest absolute Gasteiger partial charge is 0.459 e. The molecule has 2 aromatic rings. The highest BCUT2D eigenvalue weighted by Crippen LogP contribution is 2.39. The number of hydrogen-bond donors (Lipinski definition) is 1. The zero-order valence-corrected chi connectivity index (χ0v) is 11.9. The highest BCUT2D eigenvalue weighted by molar-refractivity contribution is 5.77. The van der Waals surface area contributed by atoms with Crippen molar-refractivity contribution >= 4 is 5.91 Å². The average Bonchev–Trinajstić information content (AvgIpc) is 3.10. The Morgan fingerprint density at radius 2 is 2.41 bits per heavy atom. The molecule has 1 fully saturated rings. The van der Waals surface area contributed by atoms with Crippen molar-refractivity contribution in [2.75, 3.05) is 0 Å². The summed E-state index contributed by atoms with van der Waals surface area (Å²) in [5, 5.41) is 15.8. The fraction of sp³-hybridized carbons (Fsp3) is 0.429. The molecule has 1 saturated carbocycles. The summed E-state index contributed by atoms with van der Waals surface area (Å²) in [6.07, 6.45) is 3.25. The molecule has 0 aliphatic heterocycles. The van der Waals surface area contributed by atoms with E-state index in [4.69, 9.17) is 8.83 Å². The van der Waals surface area contributed by atoms with Gasteiger partial charge in [-0.05, 0) is 37.8 Å². The number of nitriles is 1. The fourth-order valence-electron chi connectivity index (χ4n) is 2.25. The van der Waals surface area contributed by atoms with E-state index in [0.29, 0.717) is 5.76 Å². The molecule has 2 heterocycles. The van der Waals surface area contributed by atoms with Crippen LogP contribution < -0.4 is 11.1 Å². The number of nitrogens with one attached hydrogen (secondary N) is 1. The van der Waals surface area contributed by atoms with Gasteiger partial charge < -0.3 is 14.2 Å². The molecule has 0 aromatic carbocycles. The van der Waals surface area contributed by atoms with Crippen LogP contribution in [0.5, 0.6) is 0 Å². The van der Waals surface area contributed by atoms with E-state index in [0.717, 1.165) is 17.5 Å². The summed E-state index contributed by atoms with van der Waals surface area (Å²) in [7, 11) is 0. The summed E-state index contributed by atoms with van der Waals surface area (Å²) in [6, 6.07) is 5.35. The first kappa shape index (κ1) is 14.1. The second-order valence-corrected chi connectivity index (χ2v) is 5.44. The van der Waals surface area contributed by atoms with Gasteiger partial charge in [0.25, 0.3) is 5.89 Å². The maximum absolute atomic E-state index is 12.0. The molecule has 1 atom stereocenters. The lowest BCUT2D eigenvalue weighted by Gasteiger charge is -2.22. The molecule has 1 N–H and O–H groups in total. The lowest BCUT2D eigenvalue weighted by Crippen LogP contribution is -2.48. The average molecular weight is 302 g/mol. The Balaban J connectivity index is 1.72. The Kier molecular flexibility index (Phi) is 3.33. The van der Waals surface area contributed by atoms with E-state index in [9.17, 15) is 14.9 Å². The first-order valence-electron chi connectivity index (χ1n) is 6.86. The van der Waals surface area contributed by atoms with Crippen LogP contribution >= 0.6 is 0 Å². The van der Waals surface area contributed by atoms with Crippen molar-refractivity contribution in [3.05, 3.63) is 28.9 Å². The van der Waals surface area contributed by atoms with Gasteiger partial charge in [-0.25, -0.2) is 4.79 Å². The minimum absolute atomic E-state index is 0.00744. The van der Waals surface area contributed by atoms with Gasteiger partial charge in [0.15, 0.2) is 5.76 Å². The first-order chi connectivity index (χ1) is 10.5. The number of nitrogens with zero attached hydrogens (tertiary/aromatic N) is 3. The predicted octanol–water partition coefficient (Wildman–Crippen LogP) is 0.905. The predicted molar refractivity (Wildman–Crippen MR) is 73.3 cm³/mol. The Morgan fingerprint density at radius 3 is 3.00 bits per heavy atom. The topological polar surface area (TPSA) is 114 Å². The SMILES string of the molecule is CC(C#N)(NC(=O)Cn1nc(-c2ccco2)oc1=O)C1CC1. The van der Waals surface area contributed by atoms with Crippen LogP contribution in [0.3, 0.4) is 0 Å². The van der Waals surface area contributed by atoms with E-state index in [1.165, 1.54) is 6.26 Å². The van der Waals surface area contributed by atoms with Crippen LogP contribution in [0.25, 0.3) is 11.7 Å². The van der Waals surface area contributed by atoms with Gasteiger partial charge in [0.05, 0.1) is 12.3 Å². The summed E-state index contributed by atoms with van der Waals surface area (Å²) < 4.78 is 10.9. The number of rotatable bonds is 5. The quantitative estimate of drug-likeness (QED) is 0.877. The minimum Gasteiger partial charge on any atom is -0.459 e. The summed E-state index contributed by atoms with van der Waals surface area (Å²) in [4.78, 5) is 23.7. The van der Waals surface area contributed by atoms with Gasteiger partial charge >= 0.3 is 5.76 Å². The van der Waals surface area contributed by atoms with Gasteiger partial charge in [0.1, 0.15) is 12.1 Å². The lowest BCUT2D eigenvalue weighted by atomic mass is 9.98. The second-order valence-electron chi connectivity index (χ2n) is 5.44. The van der Waals surface area contributed by atoms with Crippen molar-refractivity contribution in [1.29, 1.82) is 5.26 Å². The van der Waals surface area contributed by atoms with Gasteiger partial charge in [-0.2, -0.15) is 9.94 Å². The van der Waals surface area contributed by atoms with E-state index in [1.54, 1.807) is 19.1 Å². The Labute approximate surface area is 125 Å². The molecule has 2 aromatic heterocycles. The highest BCUT2D eigenvalue weighted by atomic mass is 16.4. The maximum Gasteiger partial charge on any atom is 0.437 e. The van der Waals surface area contributed by atoms with E-state index < -0.39 is 17.2 Å². The number of carbonyl (C=O) groups is 1. The van der Waals surface area contributed by atoms with Gasteiger partial charge in [-0.15, -0.1) is 5.10 Å². The molecular weight excluding hydrogens is 288 g/mol. The molecule has 1 amide bonds. The van der Waals surface area contributed by atoms with Crippen LogP contribution in [0.2, 0.25) is 0 Å².